The molecular weight excluding hydrogens is 434 g/mol. The summed E-state index contributed by atoms with van der Waals surface area (Å²) < 4.78 is 1.72. The molecular formula is C22H24ClN5O2S. The number of nitrogens with one attached hydrogen (secondary N) is 2. The first-order chi connectivity index (χ1) is 14.7. The maximum Gasteiger partial charge on any atom is 0.234 e. The van der Waals surface area contributed by atoms with E-state index in [1.54, 1.807) is 23.7 Å². The van der Waals surface area contributed by atoms with Crippen LogP contribution in [0.15, 0.2) is 41.6 Å². The van der Waals surface area contributed by atoms with Gasteiger partial charge in [0.2, 0.25) is 11.8 Å². The molecule has 0 atom stereocenters. The van der Waals surface area contributed by atoms with E-state index in [4.69, 9.17) is 11.6 Å². The Morgan fingerprint density at radius 3 is 2.26 bits per heavy atom. The lowest BCUT2D eigenvalue weighted by Crippen LogP contribution is -2.17. The molecule has 162 valence electrons. The van der Waals surface area contributed by atoms with Gasteiger partial charge in [-0.25, -0.2) is 0 Å². The summed E-state index contributed by atoms with van der Waals surface area (Å²) in [6.45, 7) is 5.93. The molecule has 0 bridgehead atoms. The van der Waals surface area contributed by atoms with Crippen molar-refractivity contribution < 1.29 is 9.59 Å². The Bertz CT molecular complexity index is 1130. The minimum Gasteiger partial charge on any atom is -0.326 e. The second kappa shape index (κ2) is 9.98. The molecule has 0 unspecified atom stereocenters. The molecule has 2 aromatic carbocycles. The van der Waals surface area contributed by atoms with Crippen molar-refractivity contribution in [2.45, 2.75) is 32.3 Å². The Labute approximate surface area is 190 Å². The van der Waals surface area contributed by atoms with Gasteiger partial charge in [0.05, 0.1) is 12.2 Å². The zero-order valence-corrected chi connectivity index (χ0v) is 19.4. The highest BCUT2D eigenvalue weighted by Gasteiger charge is 2.15. The van der Waals surface area contributed by atoms with Crippen molar-refractivity contribution in [1.29, 1.82) is 0 Å². The fraction of sp³-hybridized carbons (Fsp3) is 0.273. The zero-order valence-electron chi connectivity index (χ0n) is 17.8. The van der Waals surface area contributed by atoms with Crippen LogP contribution < -0.4 is 10.6 Å². The third kappa shape index (κ3) is 6.08. The summed E-state index contributed by atoms with van der Waals surface area (Å²) in [6.07, 6.45) is 0.0599. The molecule has 0 aliphatic heterocycles. The fourth-order valence-electron chi connectivity index (χ4n) is 2.79. The van der Waals surface area contributed by atoms with Crippen LogP contribution in [0.4, 0.5) is 11.4 Å². The number of aryl methyl sites for hydroxylation is 3. The summed E-state index contributed by atoms with van der Waals surface area (Å²) in [6, 6.07) is 11.1. The van der Waals surface area contributed by atoms with Crippen LogP contribution in [0.3, 0.4) is 0 Å². The molecule has 1 aromatic heterocycles. The monoisotopic (exact) mass is 457 g/mol. The molecule has 2 N–H and O–H groups in total. The van der Waals surface area contributed by atoms with Gasteiger partial charge in [0, 0.05) is 23.4 Å². The summed E-state index contributed by atoms with van der Waals surface area (Å²) in [7, 11) is 1.77. The first-order valence-corrected chi connectivity index (χ1v) is 11.0. The van der Waals surface area contributed by atoms with E-state index in [1.807, 2.05) is 45.0 Å². The van der Waals surface area contributed by atoms with Crippen LogP contribution in [-0.4, -0.2) is 32.3 Å². The molecule has 0 aliphatic carbocycles. The van der Waals surface area contributed by atoms with E-state index in [-0.39, 0.29) is 24.0 Å². The number of anilines is 2. The summed E-state index contributed by atoms with van der Waals surface area (Å²) in [5.74, 6) is 0.339. The van der Waals surface area contributed by atoms with Gasteiger partial charge in [-0.1, -0.05) is 35.5 Å². The number of rotatable bonds is 7. The molecule has 3 aromatic rings. The molecule has 1 heterocycles. The Morgan fingerprint density at radius 1 is 0.935 bits per heavy atom. The van der Waals surface area contributed by atoms with E-state index in [2.05, 4.69) is 20.8 Å². The van der Waals surface area contributed by atoms with E-state index < -0.39 is 0 Å². The smallest absolute Gasteiger partial charge is 0.234 e. The van der Waals surface area contributed by atoms with Crippen molar-refractivity contribution in [2.24, 2.45) is 7.05 Å². The molecule has 0 saturated heterocycles. The third-order valence-electron chi connectivity index (χ3n) is 4.82. The maximum absolute atomic E-state index is 12.4. The number of hydrogen-bond donors (Lipinski definition) is 2. The van der Waals surface area contributed by atoms with Gasteiger partial charge in [0.15, 0.2) is 5.16 Å². The highest BCUT2D eigenvalue weighted by atomic mass is 35.5. The SMILES string of the molecule is Cc1ccc(NC(=O)CSc2nnc(CC(=O)Nc3ccc(C)c(Cl)c3)n2C)cc1C. The molecule has 0 aliphatic rings. The van der Waals surface area contributed by atoms with Crippen LogP contribution in [0.2, 0.25) is 5.02 Å². The number of aromatic nitrogens is 3. The minimum absolute atomic E-state index is 0.0599. The molecule has 7 nitrogen and oxygen atoms in total. The highest BCUT2D eigenvalue weighted by molar-refractivity contribution is 7.99. The number of thioether (sulfide) groups is 1. The molecule has 0 spiro atoms. The first-order valence-electron chi connectivity index (χ1n) is 9.67. The Morgan fingerprint density at radius 2 is 1.58 bits per heavy atom. The first kappa shape index (κ1) is 22.8. The van der Waals surface area contributed by atoms with E-state index in [1.165, 1.54) is 17.3 Å². The van der Waals surface area contributed by atoms with Crippen LogP contribution in [0, 0.1) is 20.8 Å². The van der Waals surface area contributed by atoms with Gasteiger partial charge in [-0.05, 0) is 61.7 Å². The van der Waals surface area contributed by atoms with Crippen LogP contribution in [0.5, 0.6) is 0 Å². The van der Waals surface area contributed by atoms with Crippen LogP contribution in [-0.2, 0) is 23.1 Å². The van der Waals surface area contributed by atoms with Crippen LogP contribution in [0.1, 0.15) is 22.5 Å². The van der Waals surface area contributed by atoms with Crippen molar-refractivity contribution in [3.8, 4) is 0 Å². The summed E-state index contributed by atoms with van der Waals surface area (Å²) >= 11 is 7.36. The number of carbonyl (C=O) groups excluding carboxylic acids is 2. The highest BCUT2D eigenvalue weighted by Crippen LogP contribution is 2.21. The third-order valence-corrected chi connectivity index (χ3v) is 6.25. The van der Waals surface area contributed by atoms with Gasteiger partial charge in [-0.2, -0.15) is 0 Å². The van der Waals surface area contributed by atoms with Crippen molar-refractivity contribution in [2.75, 3.05) is 16.4 Å². The predicted octanol–water partition coefficient (Wildman–Crippen LogP) is 4.31. The lowest BCUT2D eigenvalue weighted by molar-refractivity contribution is -0.116. The van der Waals surface area contributed by atoms with Crippen molar-refractivity contribution >= 4 is 46.6 Å². The Kier molecular flexibility index (Phi) is 7.35. The van der Waals surface area contributed by atoms with E-state index in [0.717, 1.165) is 16.8 Å². The quantitative estimate of drug-likeness (QED) is 0.516. The molecule has 0 fully saturated rings. The molecule has 31 heavy (non-hydrogen) atoms. The van der Waals surface area contributed by atoms with Crippen LogP contribution >= 0.6 is 23.4 Å². The molecule has 9 heteroatoms. The average Bonchev–Trinajstić information content (AvgIpc) is 3.05. The van der Waals surface area contributed by atoms with Gasteiger partial charge < -0.3 is 15.2 Å². The van der Waals surface area contributed by atoms with Gasteiger partial charge in [-0.15, -0.1) is 10.2 Å². The second-order valence-corrected chi connectivity index (χ2v) is 8.63. The van der Waals surface area contributed by atoms with Crippen LogP contribution in [0.25, 0.3) is 0 Å². The van der Waals surface area contributed by atoms with Gasteiger partial charge in [0.25, 0.3) is 0 Å². The zero-order chi connectivity index (χ0) is 22.5. The Balaban J connectivity index is 1.54. The normalized spacial score (nSPS) is 10.7. The number of benzene rings is 2. The van der Waals surface area contributed by atoms with E-state index in [9.17, 15) is 9.59 Å². The topological polar surface area (TPSA) is 88.9 Å². The number of halogens is 1. The summed E-state index contributed by atoms with van der Waals surface area (Å²) in [4.78, 5) is 24.6. The van der Waals surface area contributed by atoms with E-state index >= 15 is 0 Å². The number of nitrogens with zero attached hydrogens (tertiary/aromatic N) is 3. The van der Waals surface area contributed by atoms with Gasteiger partial charge in [-0.3, -0.25) is 9.59 Å². The van der Waals surface area contributed by atoms with Gasteiger partial charge in [0.1, 0.15) is 5.82 Å². The maximum atomic E-state index is 12.4. The minimum atomic E-state index is -0.223. The van der Waals surface area contributed by atoms with Crippen molar-refractivity contribution in [3.05, 3.63) is 63.9 Å². The number of hydrogen-bond acceptors (Lipinski definition) is 5. The van der Waals surface area contributed by atoms with E-state index in [0.29, 0.717) is 21.7 Å². The predicted molar refractivity (Wildman–Crippen MR) is 125 cm³/mol. The lowest BCUT2D eigenvalue weighted by atomic mass is 10.1. The summed E-state index contributed by atoms with van der Waals surface area (Å²) in [5.41, 5.74) is 4.62. The molecule has 0 saturated carbocycles. The van der Waals surface area contributed by atoms with Crippen molar-refractivity contribution in [1.82, 2.24) is 14.8 Å². The number of amides is 2. The lowest BCUT2D eigenvalue weighted by Gasteiger charge is -2.08. The molecule has 2 amide bonds. The largest absolute Gasteiger partial charge is 0.326 e. The standard InChI is InChI=1S/C22H24ClN5O2S/c1-13-5-7-16(9-15(13)3)25-21(30)12-31-22-27-26-19(28(22)4)11-20(29)24-17-8-6-14(2)18(23)10-17/h5-10H,11-12H2,1-4H3,(H,24,29)(H,25,30). The number of carbonyl (C=O) groups is 2. The Hall–Kier alpha value is -2.84. The molecule has 0 radical (unpaired) electrons. The van der Waals surface area contributed by atoms with Gasteiger partial charge >= 0.3 is 0 Å². The second-order valence-electron chi connectivity index (χ2n) is 7.28. The molecule has 3 rings (SSSR count). The average molecular weight is 458 g/mol. The van der Waals surface area contributed by atoms with Crippen molar-refractivity contribution in [3.63, 3.8) is 0 Å². The fourth-order valence-corrected chi connectivity index (χ4v) is 3.70. The summed E-state index contributed by atoms with van der Waals surface area (Å²) in [5, 5.41) is 15.0.